The number of nitrogens with two attached hydrogens (primary N) is 1. The van der Waals surface area contributed by atoms with Crippen LogP contribution in [0.25, 0.3) is 11.2 Å². The fraction of sp³-hybridized carbons (Fsp3) is 0.556. The number of carbonyl (C=O) groups is 1. The maximum Gasteiger partial charge on any atom is 0.459 e. The molecule has 1 saturated carbocycles. The topological polar surface area (TPSA) is 176 Å². The van der Waals surface area contributed by atoms with Gasteiger partial charge in [0.2, 0.25) is 5.95 Å². The molecule has 1 aliphatic rings. The van der Waals surface area contributed by atoms with Crippen LogP contribution in [-0.2, 0) is 23.4 Å². The largest absolute Gasteiger partial charge is 0.462 e. The maximum absolute atomic E-state index is 14.5. The van der Waals surface area contributed by atoms with Gasteiger partial charge in [-0.25, -0.2) is 13.9 Å². The molecule has 5 atom stereocenters. The van der Waals surface area contributed by atoms with Gasteiger partial charge in [-0.1, -0.05) is 18.2 Å². The summed E-state index contributed by atoms with van der Waals surface area (Å²) < 4.78 is 52.1. The van der Waals surface area contributed by atoms with Crippen LogP contribution in [0.4, 0.5) is 16.2 Å². The van der Waals surface area contributed by atoms with Gasteiger partial charge in [-0.3, -0.25) is 13.9 Å². The Bertz CT molecular complexity index is 1420. The number of alkyl halides is 1. The van der Waals surface area contributed by atoms with E-state index < -0.39 is 57.6 Å². The molecule has 2 aromatic heterocycles. The smallest absolute Gasteiger partial charge is 0.459 e. The van der Waals surface area contributed by atoms with Crippen LogP contribution in [0, 0.1) is 0 Å². The van der Waals surface area contributed by atoms with Crippen molar-refractivity contribution in [2.24, 2.45) is 0 Å². The number of aliphatic hydroxyl groups excluding tert-OH is 1. The first-order valence-electron chi connectivity index (χ1n) is 14.0. The molecule has 0 aliphatic heterocycles. The summed E-state index contributed by atoms with van der Waals surface area (Å²) in [7, 11) is -2.38. The molecule has 14 nitrogen and oxygen atoms in total. The Morgan fingerprint density at radius 3 is 2.53 bits per heavy atom. The van der Waals surface area contributed by atoms with Crippen molar-refractivity contribution in [1.82, 2.24) is 24.6 Å². The Labute approximate surface area is 249 Å². The Kier molecular flexibility index (Phi) is 10.6. The molecule has 0 spiro atoms. The summed E-state index contributed by atoms with van der Waals surface area (Å²) in [5.41, 5.74) is 6.65. The van der Waals surface area contributed by atoms with Gasteiger partial charge in [0.15, 0.2) is 23.2 Å². The Balaban J connectivity index is 1.54. The normalized spacial score (nSPS) is 17.7. The third-order valence-corrected chi connectivity index (χ3v) is 8.24. The predicted octanol–water partition coefficient (Wildman–Crippen LogP) is 3.37. The summed E-state index contributed by atoms with van der Waals surface area (Å²) in [4.78, 5) is 27.4. The van der Waals surface area contributed by atoms with Crippen molar-refractivity contribution in [3.05, 3.63) is 36.7 Å². The number of halogens is 1. The number of rotatable bonds is 16. The van der Waals surface area contributed by atoms with Gasteiger partial charge < -0.3 is 29.7 Å². The summed E-state index contributed by atoms with van der Waals surface area (Å²) in [6.07, 6.45) is -0.711. The van der Waals surface area contributed by atoms with E-state index in [1.807, 2.05) is 11.9 Å². The van der Waals surface area contributed by atoms with E-state index in [0.717, 1.165) is 12.8 Å². The third-order valence-electron chi connectivity index (χ3n) is 6.60. The van der Waals surface area contributed by atoms with Crippen LogP contribution in [0.15, 0.2) is 36.7 Å². The number of aliphatic hydroxyl groups is 1. The van der Waals surface area contributed by atoms with E-state index in [4.69, 9.17) is 24.3 Å². The summed E-state index contributed by atoms with van der Waals surface area (Å²) in [5.74, 6) is 0.0382. The van der Waals surface area contributed by atoms with Crippen LogP contribution in [-0.4, -0.2) is 81.3 Å². The number of hydrogen-bond donors (Lipinski definition) is 3. The Hall–Kier alpha value is -3.36. The quantitative estimate of drug-likeness (QED) is 0.157. The molecular formula is C27H39FN7O7P. The van der Waals surface area contributed by atoms with Crippen LogP contribution in [0.1, 0.15) is 46.8 Å². The molecule has 0 unspecified atom stereocenters. The predicted molar refractivity (Wildman–Crippen MR) is 157 cm³/mol. The lowest BCUT2D eigenvalue weighted by Gasteiger charge is -2.28. The first-order valence-corrected chi connectivity index (χ1v) is 15.5. The van der Waals surface area contributed by atoms with Crippen molar-refractivity contribution >= 4 is 36.6 Å². The lowest BCUT2D eigenvalue weighted by molar-refractivity contribution is -0.149. The van der Waals surface area contributed by atoms with E-state index in [0.29, 0.717) is 17.4 Å². The molecule has 0 saturated heterocycles. The summed E-state index contributed by atoms with van der Waals surface area (Å²) >= 11 is 0. The van der Waals surface area contributed by atoms with Gasteiger partial charge in [-0.05, 0) is 52.7 Å². The molecule has 0 amide bonds. The number of nitrogens with one attached hydrogen (secondary N) is 1. The van der Waals surface area contributed by atoms with Crippen molar-refractivity contribution < 1.29 is 37.4 Å². The number of nitrogens with zero attached hydrogens (tertiary/aromatic N) is 5. The molecule has 1 fully saturated rings. The number of carbonyl (C=O) groups excluding carboxylic acids is 1. The van der Waals surface area contributed by atoms with Gasteiger partial charge in [0.1, 0.15) is 24.6 Å². The lowest BCUT2D eigenvalue weighted by atomic mass is 10.2. The van der Waals surface area contributed by atoms with Crippen LogP contribution in [0.3, 0.4) is 0 Å². The first kappa shape index (κ1) is 32.6. The number of fused-ring (bicyclic) bond motifs is 1. The van der Waals surface area contributed by atoms with Crippen LogP contribution in [0.5, 0.6) is 5.75 Å². The number of imidazole rings is 1. The molecule has 16 heteroatoms. The van der Waals surface area contributed by atoms with Crippen molar-refractivity contribution in [2.45, 2.75) is 77.2 Å². The molecule has 236 valence electrons. The lowest BCUT2D eigenvalue weighted by Crippen LogP contribution is -2.38. The molecule has 43 heavy (non-hydrogen) atoms. The van der Waals surface area contributed by atoms with Crippen molar-refractivity contribution in [3.63, 3.8) is 0 Å². The van der Waals surface area contributed by atoms with Gasteiger partial charge in [0, 0.05) is 13.1 Å². The fourth-order valence-corrected chi connectivity index (χ4v) is 5.69. The highest BCUT2D eigenvalue weighted by Crippen LogP contribution is 2.45. The summed E-state index contributed by atoms with van der Waals surface area (Å²) in [6, 6.07) is 7.43. The number of anilines is 2. The van der Waals surface area contributed by atoms with E-state index in [2.05, 4.69) is 20.0 Å². The minimum atomic E-state index is -4.26. The second-order valence-corrected chi connectivity index (χ2v) is 12.3. The SMILES string of the molecule is CC(C)OC(=O)[C@H](C)N[P@@](=O)(OC[C@@H](O[C@H](CF)n1cnc2c(N(C)C3CC3)nc(N)nc21)[C@H](C)O)Oc1ccccc1. The number of para-hydroxylation sites is 1. The average molecular weight is 624 g/mol. The van der Waals surface area contributed by atoms with E-state index in [-0.39, 0.29) is 17.3 Å². The second kappa shape index (κ2) is 14.0. The van der Waals surface area contributed by atoms with Gasteiger partial charge in [-0.15, -0.1) is 0 Å². The molecular weight excluding hydrogens is 584 g/mol. The zero-order chi connectivity index (χ0) is 31.3. The van der Waals surface area contributed by atoms with E-state index >= 15 is 0 Å². The first-order chi connectivity index (χ1) is 20.4. The zero-order valence-corrected chi connectivity index (χ0v) is 25.7. The molecule has 4 rings (SSSR count). The van der Waals surface area contributed by atoms with Crippen molar-refractivity contribution in [1.29, 1.82) is 0 Å². The molecule has 1 aromatic carbocycles. The van der Waals surface area contributed by atoms with Gasteiger partial charge in [0.05, 0.1) is 25.1 Å². The minimum Gasteiger partial charge on any atom is -0.462 e. The van der Waals surface area contributed by atoms with E-state index in [1.54, 1.807) is 44.2 Å². The van der Waals surface area contributed by atoms with E-state index in [1.165, 1.54) is 24.7 Å². The van der Waals surface area contributed by atoms with Crippen molar-refractivity contribution in [2.75, 3.05) is 31.0 Å². The summed E-state index contributed by atoms with van der Waals surface area (Å²) in [5, 5.41) is 13.1. The van der Waals surface area contributed by atoms with Crippen LogP contribution in [0.2, 0.25) is 0 Å². The highest BCUT2D eigenvalue weighted by molar-refractivity contribution is 7.52. The minimum absolute atomic E-state index is 0.0139. The molecule has 0 bridgehead atoms. The number of hydrogen-bond acceptors (Lipinski definition) is 12. The van der Waals surface area contributed by atoms with E-state index in [9.17, 15) is 18.9 Å². The summed E-state index contributed by atoms with van der Waals surface area (Å²) in [6.45, 7) is 4.70. The highest BCUT2D eigenvalue weighted by Gasteiger charge is 2.36. The highest BCUT2D eigenvalue weighted by atomic mass is 31.2. The Morgan fingerprint density at radius 1 is 1.23 bits per heavy atom. The van der Waals surface area contributed by atoms with Crippen LogP contribution >= 0.6 is 7.75 Å². The second-order valence-electron chi connectivity index (χ2n) is 10.6. The maximum atomic E-state index is 14.5. The van der Waals surface area contributed by atoms with Gasteiger partial charge in [0.25, 0.3) is 0 Å². The zero-order valence-electron chi connectivity index (χ0n) is 24.8. The standard InChI is InChI=1S/C27H39FN7O7P/c1-16(2)40-26(37)17(3)33-43(38,42-20-9-7-6-8-10-20)39-14-21(18(4)36)41-22(13-28)35-15-30-23-24(34(5)19-11-12-19)31-27(29)32-25(23)35/h6-10,15-19,21-22,36H,11-14H2,1-5H3,(H,33,38)(H2,29,31,32)/t17-,18-,21+,22+,43+/m0/s1. The number of ether oxygens (including phenoxy) is 2. The molecule has 1 aliphatic carbocycles. The van der Waals surface area contributed by atoms with Gasteiger partial charge in [-0.2, -0.15) is 15.1 Å². The number of nitrogen functional groups attached to an aromatic ring is 1. The third kappa shape index (κ3) is 8.39. The van der Waals surface area contributed by atoms with Gasteiger partial charge >= 0.3 is 13.7 Å². The Morgan fingerprint density at radius 2 is 1.93 bits per heavy atom. The molecule has 4 N–H and O–H groups in total. The number of aromatic nitrogens is 4. The average Bonchev–Trinajstić information content (AvgIpc) is 3.72. The van der Waals surface area contributed by atoms with Crippen LogP contribution < -0.4 is 20.2 Å². The monoisotopic (exact) mass is 623 g/mol. The fourth-order valence-electron chi connectivity index (χ4n) is 4.19. The van der Waals surface area contributed by atoms with Crippen molar-refractivity contribution in [3.8, 4) is 5.75 Å². The molecule has 0 radical (unpaired) electrons. The number of esters is 1. The molecule has 2 heterocycles. The molecule has 3 aromatic rings. The number of benzene rings is 1.